The molecule has 5 nitrogen and oxygen atoms in total. The Bertz CT molecular complexity index is 551. The van der Waals surface area contributed by atoms with Gasteiger partial charge in [-0.2, -0.15) is 5.10 Å². The van der Waals surface area contributed by atoms with E-state index in [-0.39, 0.29) is 0 Å². The minimum absolute atomic E-state index is 0.372. The number of nitrogens with zero attached hydrogens (tertiary/aromatic N) is 3. The van der Waals surface area contributed by atoms with Crippen molar-refractivity contribution in [3.8, 4) is 5.75 Å². The third kappa shape index (κ3) is 3.05. The second kappa shape index (κ2) is 6.04. The summed E-state index contributed by atoms with van der Waals surface area (Å²) in [7, 11) is 0. The Hall–Kier alpha value is -1.59. The van der Waals surface area contributed by atoms with Gasteiger partial charge in [-0.05, 0) is 26.0 Å². The molecule has 2 aromatic heterocycles. The molecule has 0 saturated heterocycles. The van der Waals surface area contributed by atoms with Crippen molar-refractivity contribution in [2.24, 2.45) is 5.73 Å². The zero-order valence-corrected chi connectivity index (χ0v) is 11.8. The molecule has 0 aliphatic carbocycles. The maximum absolute atomic E-state index is 6.21. The second-order valence-corrected chi connectivity index (χ2v) is 4.52. The summed E-state index contributed by atoms with van der Waals surface area (Å²) in [5.41, 5.74) is 8.02. The fraction of sp³-hybridized carbons (Fsp3) is 0.385. The van der Waals surface area contributed by atoms with Crippen molar-refractivity contribution in [3.63, 3.8) is 0 Å². The topological polar surface area (TPSA) is 66.0 Å². The molecule has 0 saturated carbocycles. The molecule has 2 heterocycles. The largest absolute Gasteiger partial charge is 0.486 e. The van der Waals surface area contributed by atoms with Crippen molar-refractivity contribution < 1.29 is 4.74 Å². The van der Waals surface area contributed by atoms with Crippen LogP contribution in [0.3, 0.4) is 0 Å². The van der Waals surface area contributed by atoms with E-state index in [0.29, 0.717) is 23.9 Å². The fourth-order valence-corrected chi connectivity index (χ4v) is 1.97. The highest BCUT2D eigenvalue weighted by atomic mass is 35.5. The molecule has 2 rings (SSSR count). The molecule has 0 aromatic carbocycles. The van der Waals surface area contributed by atoms with Crippen LogP contribution in [0.4, 0.5) is 0 Å². The van der Waals surface area contributed by atoms with Gasteiger partial charge in [-0.1, -0.05) is 11.6 Å². The minimum Gasteiger partial charge on any atom is -0.486 e. The highest BCUT2D eigenvalue weighted by Gasteiger charge is 2.12. The maximum Gasteiger partial charge on any atom is 0.138 e. The van der Waals surface area contributed by atoms with Gasteiger partial charge in [0.25, 0.3) is 0 Å². The maximum atomic E-state index is 6.21. The van der Waals surface area contributed by atoms with Crippen molar-refractivity contribution in [2.45, 2.75) is 33.5 Å². The van der Waals surface area contributed by atoms with E-state index in [2.05, 4.69) is 10.1 Å². The first-order valence-electron chi connectivity index (χ1n) is 6.15. The van der Waals surface area contributed by atoms with E-state index in [1.54, 1.807) is 6.20 Å². The zero-order valence-electron chi connectivity index (χ0n) is 11.1. The van der Waals surface area contributed by atoms with E-state index >= 15 is 0 Å². The van der Waals surface area contributed by atoms with Gasteiger partial charge in [0.2, 0.25) is 0 Å². The smallest absolute Gasteiger partial charge is 0.138 e. The van der Waals surface area contributed by atoms with Crippen LogP contribution < -0.4 is 10.5 Å². The Morgan fingerprint density at radius 2 is 2.21 bits per heavy atom. The summed E-state index contributed by atoms with van der Waals surface area (Å²) in [6.07, 6.45) is 1.66. The molecule has 19 heavy (non-hydrogen) atoms. The van der Waals surface area contributed by atoms with Gasteiger partial charge in [0.05, 0.1) is 28.3 Å². The summed E-state index contributed by atoms with van der Waals surface area (Å²) in [6, 6.07) is 3.70. The van der Waals surface area contributed by atoms with Crippen molar-refractivity contribution >= 4 is 11.6 Å². The lowest BCUT2D eigenvalue weighted by Crippen LogP contribution is -2.07. The number of aromatic nitrogens is 3. The Balaban J connectivity index is 2.09. The molecule has 6 heteroatoms. The number of hydrogen-bond acceptors (Lipinski definition) is 4. The molecule has 0 aliphatic rings. The SMILES string of the molecule is CCn1nc(C)c(Cl)c1COc1ccc(CN)nc1. The van der Waals surface area contributed by atoms with Crippen LogP contribution in [0, 0.1) is 6.92 Å². The van der Waals surface area contributed by atoms with Gasteiger partial charge < -0.3 is 10.5 Å². The Labute approximate surface area is 117 Å². The number of pyridine rings is 1. The number of rotatable bonds is 5. The van der Waals surface area contributed by atoms with Crippen LogP contribution in [0.15, 0.2) is 18.3 Å². The summed E-state index contributed by atoms with van der Waals surface area (Å²) in [4.78, 5) is 4.17. The lowest BCUT2D eigenvalue weighted by Gasteiger charge is -2.08. The molecule has 0 aliphatic heterocycles. The highest BCUT2D eigenvalue weighted by molar-refractivity contribution is 6.31. The van der Waals surface area contributed by atoms with E-state index < -0.39 is 0 Å². The number of nitrogens with two attached hydrogens (primary N) is 1. The monoisotopic (exact) mass is 280 g/mol. The predicted molar refractivity (Wildman–Crippen MR) is 74.1 cm³/mol. The molecular formula is C13H17ClN4O. The molecule has 0 fully saturated rings. The van der Waals surface area contributed by atoms with E-state index in [4.69, 9.17) is 22.1 Å². The average Bonchev–Trinajstić information content (AvgIpc) is 2.72. The lowest BCUT2D eigenvalue weighted by atomic mass is 10.3. The number of hydrogen-bond donors (Lipinski definition) is 1. The highest BCUT2D eigenvalue weighted by Crippen LogP contribution is 2.22. The molecule has 2 N–H and O–H groups in total. The molecule has 0 bridgehead atoms. The Kier molecular flexibility index (Phi) is 4.39. The van der Waals surface area contributed by atoms with Gasteiger partial charge in [0.15, 0.2) is 0 Å². The van der Waals surface area contributed by atoms with Gasteiger partial charge in [0, 0.05) is 13.1 Å². The third-order valence-electron chi connectivity index (χ3n) is 2.84. The Morgan fingerprint density at radius 1 is 1.42 bits per heavy atom. The van der Waals surface area contributed by atoms with Gasteiger partial charge >= 0.3 is 0 Å². The molecule has 0 radical (unpaired) electrons. The van der Waals surface area contributed by atoms with Crippen LogP contribution in [0.2, 0.25) is 5.02 Å². The summed E-state index contributed by atoms with van der Waals surface area (Å²) in [5.74, 6) is 0.690. The lowest BCUT2D eigenvalue weighted by molar-refractivity contribution is 0.291. The summed E-state index contributed by atoms with van der Waals surface area (Å²) in [5, 5.41) is 5.00. The van der Waals surface area contributed by atoms with Crippen LogP contribution in [0.25, 0.3) is 0 Å². The Morgan fingerprint density at radius 3 is 2.79 bits per heavy atom. The average molecular weight is 281 g/mol. The van der Waals surface area contributed by atoms with Crippen LogP contribution in [-0.2, 0) is 19.7 Å². The second-order valence-electron chi connectivity index (χ2n) is 4.14. The quantitative estimate of drug-likeness (QED) is 0.913. The van der Waals surface area contributed by atoms with Crippen molar-refractivity contribution in [1.82, 2.24) is 14.8 Å². The molecule has 0 amide bonds. The van der Waals surface area contributed by atoms with E-state index in [0.717, 1.165) is 23.6 Å². The zero-order chi connectivity index (χ0) is 13.8. The van der Waals surface area contributed by atoms with Crippen molar-refractivity contribution in [3.05, 3.63) is 40.4 Å². The van der Waals surface area contributed by atoms with Gasteiger partial charge in [-0.25, -0.2) is 0 Å². The van der Waals surface area contributed by atoms with Crippen LogP contribution in [-0.4, -0.2) is 14.8 Å². The molecule has 0 unspecified atom stereocenters. The number of aryl methyl sites for hydroxylation is 2. The van der Waals surface area contributed by atoms with Crippen molar-refractivity contribution in [2.75, 3.05) is 0 Å². The van der Waals surface area contributed by atoms with Crippen LogP contribution >= 0.6 is 11.6 Å². The van der Waals surface area contributed by atoms with E-state index in [9.17, 15) is 0 Å². The number of halogens is 1. The van der Waals surface area contributed by atoms with Crippen LogP contribution in [0.5, 0.6) is 5.75 Å². The van der Waals surface area contributed by atoms with Gasteiger partial charge in [-0.15, -0.1) is 0 Å². The van der Waals surface area contributed by atoms with Crippen LogP contribution in [0.1, 0.15) is 24.0 Å². The predicted octanol–water partition coefficient (Wildman–Crippen LogP) is 2.30. The van der Waals surface area contributed by atoms with E-state index in [1.165, 1.54) is 0 Å². The standard InChI is InChI=1S/C13H17ClN4O/c1-3-18-12(13(14)9(2)17-18)8-19-11-5-4-10(6-15)16-7-11/h4-5,7H,3,6,8,15H2,1-2H3. The minimum atomic E-state index is 0.372. The van der Waals surface area contributed by atoms with Crippen molar-refractivity contribution in [1.29, 1.82) is 0 Å². The normalized spacial score (nSPS) is 10.7. The number of ether oxygens (including phenoxy) is 1. The first kappa shape index (κ1) is 13.8. The first-order chi connectivity index (χ1) is 9.15. The summed E-state index contributed by atoms with van der Waals surface area (Å²) < 4.78 is 7.53. The fourth-order valence-electron chi connectivity index (χ4n) is 1.78. The molecule has 102 valence electrons. The summed E-state index contributed by atoms with van der Waals surface area (Å²) in [6.45, 7) is 5.46. The van der Waals surface area contributed by atoms with Gasteiger partial charge in [-0.3, -0.25) is 9.67 Å². The molecule has 2 aromatic rings. The molecule has 0 atom stereocenters. The third-order valence-corrected chi connectivity index (χ3v) is 3.33. The van der Waals surface area contributed by atoms with Gasteiger partial charge in [0.1, 0.15) is 12.4 Å². The first-order valence-corrected chi connectivity index (χ1v) is 6.53. The summed E-state index contributed by atoms with van der Waals surface area (Å²) >= 11 is 6.21. The van der Waals surface area contributed by atoms with E-state index in [1.807, 2.05) is 30.7 Å². The molecular weight excluding hydrogens is 264 g/mol. The molecule has 0 spiro atoms.